The van der Waals surface area contributed by atoms with Crippen molar-refractivity contribution >= 4 is 15.9 Å². The number of nitrogens with zero attached hydrogens (tertiary/aromatic N) is 1. The van der Waals surface area contributed by atoms with Gasteiger partial charge in [0.25, 0.3) is 6.43 Å². The summed E-state index contributed by atoms with van der Waals surface area (Å²) in [5.74, 6) is 0.368. The lowest BCUT2D eigenvalue weighted by atomic mass is 10.3. The maximum absolute atomic E-state index is 12.5. The van der Waals surface area contributed by atoms with Crippen LogP contribution in [0.25, 0.3) is 0 Å². The second-order valence-corrected chi connectivity index (χ2v) is 3.16. The molecule has 1 rings (SSSR count). The highest BCUT2D eigenvalue weighted by molar-refractivity contribution is 9.10. The van der Waals surface area contributed by atoms with Crippen molar-refractivity contribution in [1.82, 2.24) is 4.98 Å². The molecule has 0 spiro atoms. The largest absolute Gasteiger partial charge is 0.495 e. The van der Waals surface area contributed by atoms with E-state index in [2.05, 4.69) is 20.9 Å². The lowest BCUT2D eigenvalue weighted by molar-refractivity contribution is 0.143. The van der Waals surface area contributed by atoms with Crippen LogP contribution in [0.2, 0.25) is 0 Å². The molecule has 78 valence electrons. The number of alkyl halides is 2. The summed E-state index contributed by atoms with van der Waals surface area (Å²) in [7, 11) is 2.74. The highest BCUT2D eigenvalue weighted by Crippen LogP contribution is 2.35. The third-order valence-corrected chi connectivity index (χ3v) is 2.36. The molecule has 1 aromatic heterocycles. The molecule has 0 unspecified atom stereocenters. The molecule has 0 amide bonds. The van der Waals surface area contributed by atoms with Gasteiger partial charge in [0.05, 0.1) is 18.7 Å². The molecule has 0 aromatic carbocycles. The summed E-state index contributed by atoms with van der Waals surface area (Å²) < 4.78 is 34.7. The molecule has 0 aliphatic rings. The predicted octanol–water partition coefficient (Wildman–Crippen LogP) is 2.80. The van der Waals surface area contributed by atoms with Gasteiger partial charge in [-0.3, -0.25) is 0 Å². The van der Waals surface area contributed by atoms with Crippen molar-refractivity contribution in [3.05, 3.63) is 16.2 Å². The Balaban J connectivity index is 3.27. The minimum absolute atomic E-state index is 0.0975. The van der Waals surface area contributed by atoms with E-state index in [4.69, 9.17) is 9.47 Å². The number of methoxy groups -OCH3 is 2. The summed E-state index contributed by atoms with van der Waals surface area (Å²) in [6.07, 6.45) is -2.67. The van der Waals surface area contributed by atoms with Gasteiger partial charge in [-0.2, -0.15) is 0 Å². The quantitative estimate of drug-likeness (QED) is 0.844. The van der Waals surface area contributed by atoms with Gasteiger partial charge in [0.15, 0.2) is 0 Å². The van der Waals surface area contributed by atoms with Gasteiger partial charge < -0.3 is 9.47 Å². The van der Waals surface area contributed by atoms with Crippen LogP contribution >= 0.6 is 15.9 Å². The van der Waals surface area contributed by atoms with Gasteiger partial charge in [-0.1, -0.05) is 0 Å². The third kappa shape index (κ3) is 2.12. The molecule has 1 aromatic rings. The van der Waals surface area contributed by atoms with Crippen molar-refractivity contribution in [2.45, 2.75) is 6.43 Å². The Bertz CT molecular complexity index is 333. The standard InChI is InChI=1S/C8H8BrF2NO2/c1-13-4-3-5(14-2)12-7(6(4)9)8(10)11/h3,8H,1-2H3. The van der Waals surface area contributed by atoms with E-state index in [0.29, 0.717) is 0 Å². The second-order valence-electron chi connectivity index (χ2n) is 2.37. The zero-order valence-corrected chi connectivity index (χ0v) is 9.14. The average molecular weight is 268 g/mol. The molecular weight excluding hydrogens is 260 g/mol. The summed E-state index contributed by atoms with van der Waals surface area (Å²) in [4.78, 5) is 3.60. The fourth-order valence-electron chi connectivity index (χ4n) is 0.899. The van der Waals surface area contributed by atoms with E-state index >= 15 is 0 Å². The van der Waals surface area contributed by atoms with Crippen molar-refractivity contribution in [1.29, 1.82) is 0 Å². The zero-order valence-electron chi connectivity index (χ0n) is 7.55. The molecule has 0 saturated carbocycles. The Morgan fingerprint density at radius 2 is 2.00 bits per heavy atom. The summed E-state index contributed by atoms with van der Waals surface area (Å²) in [6.45, 7) is 0. The van der Waals surface area contributed by atoms with Crippen LogP contribution in [0.1, 0.15) is 12.1 Å². The van der Waals surface area contributed by atoms with Gasteiger partial charge in [0.2, 0.25) is 5.88 Å². The number of hydrogen-bond acceptors (Lipinski definition) is 3. The van der Waals surface area contributed by atoms with Crippen LogP contribution in [0.15, 0.2) is 10.5 Å². The Kier molecular flexibility index (Phi) is 3.62. The van der Waals surface area contributed by atoms with Crippen molar-refractivity contribution < 1.29 is 18.3 Å². The fourth-order valence-corrected chi connectivity index (χ4v) is 1.44. The highest BCUT2D eigenvalue weighted by atomic mass is 79.9. The van der Waals surface area contributed by atoms with Crippen LogP contribution in [0.3, 0.4) is 0 Å². The normalized spacial score (nSPS) is 10.4. The SMILES string of the molecule is COc1cc(OC)c(Br)c(C(F)F)n1. The lowest BCUT2D eigenvalue weighted by Crippen LogP contribution is -1.98. The third-order valence-electron chi connectivity index (χ3n) is 1.56. The first-order valence-electron chi connectivity index (χ1n) is 3.66. The van der Waals surface area contributed by atoms with E-state index in [1.54, 1.807) is 0 Å². The number of rotatable bonds is 3. The molecule has 0 aliphatic heterocycles. The number of pyridine rings is 1. The number of hydrogen-bond donors (Lipinski definition) is 0. The van der Waals surface area contributed by atoms with Gasteiger partial charge in [-0.25, -0.2) is 13.8 Å². The van der Waals surface area contributed by atoms with Crippen molar-refractivity contribution in [3.63, 3.8) is 0 Å². The molecule has 14 heavy (non-hydrogen) atoms. The molecule has 0 fully saturated rings. The van der Waals surface area contributed by atoms with E-state index in [1.807, 2.05) is 0 Å². The Hall–Kier alpha value is -0.910. The van der Waals surface area contributed by atoms with Crippen LogP contribution in [-0.2, 0) is 0 Å². The van der Waals surface area contributed by atoms with E-state index in [9.17, 15) is 8.78 Å². The molecule has 0 N–H and O–H groups in total. The summed E-state index contributed by atoms with van der Waals surface area (Å²) >= 11 is 2.98. The van der Waals surface area contributed by atoms with Crippen LogP contribution in [0.5, 0.6) is 11.6 Å². The molecule has 6 heteroatoms. The van der Waals surface area contributed by atoms with Crippen LogP contribution in [-0.4, -0.2) is 19.2 Å². The topological polar surface area (TPSA) is 31.4 Å². The van der Waals surface area contributed by atoms with E-state index < -0.39 is 6.43 Å². The molecule has 0 bridgehead atoms. The van der Waals surface area contributed by atoms with Crippen molar-refractivity contribution in [2.24, 2.45) is 0 Å². The van der Waals surface area contributed by atoms with Gasteiger partial charge in [-0.05, 0) is 15.9 Å². The molecule has 1 heterocycles. The average Bonchev–Trinajstić information content (AvgIpc) is 2.17. The summed E-state index contributed by atoms with van der Waals surface area (Å²) in [6, 6.07) is 1.43. The van der Waals surface area contributed by atoms with Crippen LogP contribution in [0, 0.1) is 0 Å². The maximum Gasteiger partial charge on any atom is 0.281 e. The number of ether oxygens (including phenoxy) is 2. The number of halogens is 3. The highest BCUT2D eigenvalue weighted by Gasteiger charge is 2.19. The van der Waals surface area contributed by atoms with E-state index in [1.165, 1.54) is 20.3 Å². The monoisotopic (exact) mass is 267 g/mol. The first-order chi connectivity index (χ1) is 6.60. The zero-order chi connectivity index (χ0) is 10.7. The maximum atomic E-state index is 12.5. The van der Waals surface area contributed by atoms with Gasteiger partial charge >= 0.3 is 0 Å². The molecule has 3 nitrogen and oxygen atoms in total. The first-order valence-corrected chi connectivity index (χ1v) is 4.46. The van der Waals surface area contributed by atoms with E-state index in [-0.39, 0.29) is 21.8 Å². The minimum atomic E-state index is -2.67. The summed E-state index contributed by atoms with van der Waals surface area (Å²) in [5, 5.41) is 0. The Morgan fingerprint density at radius 1 is 1.36 bits per heavy atom. The molecule has 0 aliphatic carbocycles. The number of aromatic nitrogens is 1. The molecular formula is C8H8BrF2NO2. The Morgan fingerprint density at radius 3 is 2.43 bits per heavy atom. The lowest BCUT2D eigenvalue weighted by Gasteiger charge is -2.09. The minimum Gasteiger partial charge on any atom is -0.495 e. The Labute approximate surface area is 88.2 Å². The fraction of sp³-hybridized carbons (Fsp3) is 0.375. The smallest absolute Gasteiger partial charge is 0.281 e. The van der Waals surface area contributed by atoms with Gasteiger partial charge in [-0.15, -0.1) is 0 Å². The first kappa shape index (κ1) is 11.2. The summed E-state index contributed by atoms with van der Waals surface area (Å²) in [5.41, 5.74) is -0.388. The molecule has 0 radical (unpaired) electrons. The molecule has 0 atom stereocenters. The van der Waals surface area contributed by atoms with Crippen molar-refractivity contribution in [3.8, 4) is 11.6 Å². The second kappa shape index (κ2) is 4.54. The van der Waals surface area contributed by atoms with Crippen molar-refractivity contribution in [2.75, 3.05) is 14.2 Å². The van der Waals surface area contributed by atoms with Gasteiger partial charge in [0.1, 0.15) is 11.4 Å². The van der Waals surface area contributed by atoms with Gasteiger partial charge in [0, 0.05) is 6.07 Å². The predicted molar refractivity (Wildman–Crippen MR) is 50.0 cm³/mol. The van der Waals surface area contributed by atoms with Crippen LogP contribution in [0.4, 0.5) is 8.78 Å². The molecule has 0 saturated heterocycles. The van der Waals surface area contributed by atoms with E-state index in [0.717, 1.165) is 0 Å². The van der Waals surface area contributed by atoms with Crippen LogP contribution < -0.4 is 9.47 Å².